The molecular formula is C21H33N5O2S. The number of piperazine rings is 1. The van der Waals surface area contributed by atoms with Gasteiger partial charge in [0.15, 0.2) is 0 Å². The molecule has 1 N–H and O–H groups in total. The predicted molar refractivity (Wildman–Crippen MR) is 115 cm³/mol. The quantitative estimate of drug-likeness (QED) is 0.761. The Bertz CT molecular complexity index is 704. The van der Waals surface area contributed by atoms with E-state index < -0.39 is 0 Å². The van der Waals surface area contributed by atoms with Crippen LogP contribution in [0.25, 0.3) is 0 Å². The molecule has 0 spiro atoms. The van der Waals surface area contributed by atoms with Crippen LogP contribution in [0.3, 0.4) is 0 Å². The van der Waals surface area contributed by atoms with Gasteiger partial charge in [0.1, 0.15) is 6.04 Å². The fraction of sp³-hybridized carbons (Fsp3) is 0.714. The molecule has 3 saturated heterocycles. The summed E-state index contributed by atoms with van der Waals surface area (Å²) in [7, 11) is 4.24. The molecule has 1 aromatic heterocycles. The van der Waals surface area contributed by atoms with Gasteiger partial charge in [-0.2, -0.15) is 0 Å². The topological polar surface area (TPSA) is 59.1 Å². The Morgan fingerprint density at radius 3 is 2.72 bits per heavy atom. The summed E-state index contributed by atoms with van der Waals surface area (Å²) in [6.45, 7) is 5.98. The van der Waals surface area contributed by atoms with E-state index in [0.29, 0.717) is 13.0 Å². The van der Waals surface area contributed by atoms with Crippen LogP contribution in [0, 0.1) is 0 Å². The molecule has 3 aliphatic rings. The lowest BCUT2D eigenvalue weighted by molar-refractivity contribution is -0.133. The molecule has 4 heterocycles. The molecule has 8 heteroatoms. The van der Waals surface area contributed by atoms with Crippen molar-refractivity contribution < 1.29 is 9.59 Å². The number of hydrogen-bond acceptors (Lipinski definition) is 6. The van der Waals surface area contributed by atoms with Crippen LogP contribution in [0.15, 0.2) is 17.5 Å². The van der Waals surface area contributed by atoms with Crippen molar-refractivity contribution in [2.24, 2.45) is 0 Å². The Morgan fingerprint density at radius 1 is 1.21 bits per heavy atom. The number of rotatable bonds is 5. The Morgan fingerprint density at radius 2 is 2.00 bits per heavy atom. The van der Waals surface area contributed by atoms with E-state index in [9.17, 15) is 9.59 Å². The van der Waals surface area contributed by atoms with Gasteiger partial charge in [0.25, 0.3) is 0 Å². The van der Waals surface area contributed by atoms with Crippen LogP contribution < -0.4 is 5.32 Å². The molecule has 160 valence electrons. The van der Waals surface area contributed by atoms with Crippen LogP contribution in [0.5, 0.6) is 0 Å². The average molecular weight is 420 g/mol. The third kappa shape index (κ3) is 4.66. The second-order valence-electron chi connectivity index (χ2n) is 8.64. The van der Waals surface area contributed by atoms with Crippen LogP contribution in [0.4, 0.5) is 0 Å². The highest BCUT2D eigenvalue weighted by molar-refractivity contribution is 7.09. The highest BCUT2D eigenvalue weighted by Crippen LogP contribution is 2.29. The van der Waals surface area contributed by atoms with Crippen LogP contribution in [0.2, 0.25) is 0 Å². The minimum atomic E-state index is -0.0968. The Balaban J connectivity index is 1.35. The molecule has 0 aromatic carbocycles. The molecule has 0 bridgehead atoms. The van der Waals surface area contributed by atoms with Gasteiger partial charge in [0.2, 0.25) is 11.8 Å². The van der Waals surface area contributed by atoms with E-state index in [-0.39, 0.29) is 29.9 Å². The minimum Gasteiger partial charge on any atom is -0.353 e. The highest BCUT2D eigenvalue weighted by atomic mass is 32.1. The van der Waals surface area contributed by atoms with Gasteiger partial charge in [0.05, 0.1) is 0 Å². The number of fused-ring (bicyclic) bond motifs is 1. The third-order valence-electron chi connectivity index (χ3n) is 6.84. The van der Waals surface area contributed by atoms with Crippen molar-refractivity contribution >= 4 is 23.2 Å². The molecule has 2 amide bonds. The lowest BCUT2D eigenvalue weighted by Crippen LogP contribution is -2.49. The zero-order valence-electron chi connectivity index (χ0n) is 17.5. The zero-order chi connectivity index (χ0) is 20.4. The molecule has 7 nitrogen and oxygen atoms in total. The number of nitrogens with one attached hydrogen (secondary N) is 1. The van der Waals surface area contributed by atoms with Crippen LogP contribution in [-0.4, -0.2) is 103 Å². The average Bonchev–Trinajstić information content (AvgIpc) is 3.35. The van der Waals surface area contributed by atoms with Crippen molar-refractivity contribution in [2.45, 2.75) is 43.9 Å². The summed E-state index contributed by atoms with van der Waals surface area (Å²) in [6, 6.07) is 4.55. The monoisotopic (exact) mass is 419 g/mol. The van der Waals surface area contributed by atoms with E-state index in [1.165, 1.54) is 4.88 Å². The highest BCUT2D eigenvalue weighted by Gasteiger charge is 2.45. The van der Waals surface area contributed by atoms with Crippen molar-refractivity contribution in [3.8, 4) is 0 Å². The van der Waals surface area contributed by atoms with Crippen LogP contribution >= 0.6 is 11.3 Å². The molecule has 0 saturated carbocycles. The van der Waals surface area contributed by atoms with E-state index in [1.807, 2.05) is 4.90 Å². The second kappa shape index (κ2) is 9.12. The molecule has 1 aromatic rings. The number of hydrogen-bond donors (Lipinski definition) is 1. The summed E-state index contributed by atoms with van der Waals surface area (Å²) in [5, 5.41) is 5.26. The summed E-state index contributed by atoms with van der Waals surface area (Å²) >= 11 is 1.75. The van der Waals surface area contributed by atoms with E-state index in [0.717, 1.165) is 52.1 Å². The minimum absolute atomic E-state index is 0.0968. The summed E-state index contributed by atoms with van der Waals surface area (Å²) in [4.78, 5) is 35.8. The Kier molecular flexibility index (Phi) is 6.53. The Labute approximate surface area is 177 Å². The molecule has 3 fully saturated rings. The van der Waals surface area contributed by atoms with Crippen molar-refractivity contribution in [3.63, 3.8) is 0 Å². The number of likely N-dealkylation sites (N-methyl/N-ethyl adjacent to an activating group) is 2. The van der Waals surface area contributed by atoms with Crippen molar-refractivity contribution in [1.82, 2.24) is 24.9 Å². The fourth-order valence-electron chi connectivity index (χ4n) is 4.93. The second-order valence-corrected chi connectivity index (χ2v) is 9.67. The zero-order valence-corrected chi connectivity index (χ0v) is 18.4. The summed E-state index contributed by atoms with van der Waals surface area (Å²) in [5.41, 5.74) is 0. The number of carbonyl (C=O) groups excluding carboxylic acids is 2. The van der Waals surface area contributed by atoms with Gasteiger partial charge in [-0.25, -0.2) is 0 Å². The van der Waals surface area contributed by atoms with Crippen LogP contribution in [0.1, 0.15) is 24.1 Å². The van der Waals surface area contributed by atoms with Gasteiger partial charge in [-0.1, -0.05) is 6.07 Å². The summed E-state index contributed by atoms with van der Waals surface area (Å²) in [5.74, 6) is 0.396. The maximum atomic E-state index is 12.9. The number of likely N-dealkylation sites (tertiary alicyclic amines) is 1. The van der Waals surface area contributed by atoms with Crippen LogP contribution in [-0.2, 0) is 16.1 Å². The lowest BCUT2D eigenvalue weighted by atomic mass is 10.0. The maximum Gasteiger partial charge on any atom is 0.239 e. The fourth-order valence-corrected chi connectivity index (χ4v) is 5.66. The molecule has 3 atom stereocenters. The standard InChI is InChI=1S/C21H33N5O2S/c1-23-9-11-25(12-10-23)19(27)6-5-16-14-22-21(28)20-18(24(16)2)7-8-26(20)15-17-4-3-13-29-17/h3-4,13,16,18,20H,5-12,14-15H2,1-2H3,(H,22,28)/t16-,18-,20-/m1/s1. The number of amides is 2. The summed E-state index contributed by atoms with van der Waals surface area (Å²) in [6.07, 6.45) is 2.36. The van der Waals surface area contributed by atoms with Crippen molar-refractivity contribution in [2.75, 3.05) is 53.4 Å². The first-order chi connectivity index (χ1) is 14.0. The lowest BCUT2D eigenvalue weighted by Gasteiger charge is -2.34. The smallest absolute Gasteiger partial charge is 0.239 e. The first-order valence-electron chi connectivity index (χ1n) is 10.8. The van der Waals surface area contributed by atoms with E-state index in [1.54, 1.807) is 11.3 Å². The van der Waals surface area contributed by atoms with Gasteiger partial charge in [-0.15, -0.1) is 11.3 Å². The van der Waals surface area contributed by atoms with E-state index >= 15 is 0 Å². The largest absolute Gasteiger partial charge is 0.353 e. The molecule has 0 unspecified atom stereocenters. The predicted octanol–water partition coefficient (Wildman–Crippen LogP) is 0.675. The van der Waals surface area contributed by atoms with E-state index in [4.69, 9.17) is 0 Å². The maximum absolute atomic E-state index is 12.9. The molecular weight excluding hydrogens is 386 g/mol. The van der Waals surface area contributed by atoms with Gasteiger partial charge >= 0.3 is 0 Å². The van der Waals surface area contributed by atoms with Crippen molar-refractivity contribution in [1.29, 1.82) is 0 Å². The number of nitrogens with zero attached hydrogens (tertiary/aromatic N) is 4. The molecule has 0 aliphatic carbocycles. The number of carbonyl (C=O) groups is 2. The van der Waals surface area contributed by atoms with Crippen molar-refractivity contribution in [3.05, 3.63) is 22.4 Å². The van der Waals surface area contributed by atoms with Gasteiger partial charge in [-0.05, 0) is 38.4 Å². The number of thiophene rings is 1. The first kappa shape index (κ1) is 20.8. The van der Waals surface area contributed by atoms with Gasteiger partial charge < -0.3 is 15.1 Å². The van der Waals surface area contributed by atoms with Gasteiger partial charge in [-0.3, -0.25) is 19.4 Å². The molecule has 4 rings (SSSR count). The molecule has 29 heavy (non-hydrogen) atoms. The molecule has 3 aliphatic heterocycles. The first-order valence-corrected chi connectivity index (χ1v) is 11.6. The summed E-state index contributed by atoms with van der Waals surface area (Å²) < 4.78 is 0. The van der Waals surface area contributed by atoms with Gasteiger partial charge in [0, 0.05) is 69.2 Å². The third-order valence-corrected chi connectivity index (χ3v) is 7.70. The van der Waals surface area contributed by atoms with E-state index in [2.05, 4.69) is 51.6 Å². The SMILES string of the molecule is CN1CCN(C(=O)CC[C@@H]2CNC(=O)[C@H]3[C@@H](CCN3Cc3cccs3)N2C)CC1. The molecule has 0 radical (unpaired) electrons. The normalized spacial score (nSPS) is 29.5. The Hall–Kier alpha value is -1.48.